The van der Waals surface area contributed by atoms with E-state index < -0.39 is 0 Å². The van der Waals surface area contributed by atoms with Gasteiger partial charge in [-0.05, 0) is 42.8 Å². The maximum absolute atomic E-state index is 5.27. The van der Waals surface area contributed by atoms with Gasteiger partial charge in [0.25, 0.3) is 0 Å². The van der Waals surface area contributed by atoms with Crippen LogP contribution in [0.5, 0.6) is 5.75 Å². The molecule has 0 aliphatic heterocycles. The first kappa shape index (κ1) is 15.4. The van der Waals surface area contributed by atoms with E-state index in [9.17, 15) is 0 Å². The molecule has 110 valence electrons. The second kappa shape index (κ2) is 7.18. The molecule has 0 amide bonds. The van der Waals surface area contributed by atoms with Crippen molar-refractivity contribution in [1.29, 1.82) is 0 Å². The fraction of sp³-hybridized carbons (Fsp3) is 0.235. The lowest BCUT2D eigenvalue weighted by Crippen LogP contribution is -2.04. The van der Waals surface area contributed by atoms with Crippen LogP contribution in [0.15, 0.2) is 52.4 Å². The molecule has 4 heteroatoms. The molecule has 21 heavy (non-hydrogen) atoms. The number of aliphatic imine (C=N–C) groups is 1. The van der Waals surface area contributed by atoms with Crippen molar-refractivity contribution in [3.8, 4) is 5.75 Å². The summed E-state index contributed by atoms with van der Waals surface area (Å²) in [4.78, 5) is 5.69. The minimum atomic E-state index is 0.831. The van der Waals surface area contributed by atoms with Crippen LogP contribution in [0, 0.1) is 0 Å². The van der Waals surface area contributed by atoms with Gasteiger partial charge in [0.05, 0.1) is 18.5 Å². The van der Waals surface area contributed by atoms with E-state index in [2.05, 4.69) is 24.9 Å². The van der Waals surface area contributed by atoms with Gasteiger partial charge in [-0.15, -0.1) is 12.6 Å². The van der Waals surface area contributed by atoms with Crippen molar-refractivity contribution < 1.29 is 4.74 Å². The van der Waals surface area contributed by atoms with Crippen LogP contribution >= 0.6 is 12.6 Å². The SMILES string of the molecule is CCC(=Nc1ccc(S)cc1)c1ccc(OC)cc1NC. The van der Waals surface area contributed by atoms with Crippen molar-refractivity contribution in [2.45, 2.75) is 18.2 Å². The van der Waals surface area contributed by atoms with Gasteiger partial charge < -0.3 is 10.1 Å². The van der Waals surface area contributed by atoms with Gasteiger partial charge in [-0.3, -0.25) is 4.99 Å². The summed E-state index contributed by atoms with van der Waals surface area (Å²) in [5, 5.41) is 3.21. The number of hydrogen-bond acceptors (Lipinski definition) is 4. The Balaban J connectivity index is 2.43. The topological polar surface area (TPSA) is 33.6 Å². The van der Waals surface area contributed by atoms with Crippen LogP contribution in [0.2, 0.25) is 0 Å². The molecule has 0 aliphatic carbocycles. The van der Waals surface area contributed by atoms with Crippen molar-refractivity contribution in [1.82, 2.24) is 0 Å². The highest BCUT2D eigenvalue weighted by molar-refractivity contribution is 7.80. The number of rotatable bonds is 5. The number of benzene rings is 2. The molecule has 2 rings (SSSR count). The number of nitrogens with one attached hydrogen (secondary N) is 1. The lowest BCUT2D eigenvalue weighted by molar-refractivity contribution is 0.415. The second-order valence-electron chi connectivity index (χ2n) is 4.59. The Labute approximate surface area is 131 Å². The van der Waals surface area contributed by atoms with Crippen LogP contribution in [0.4, 0.5) is 11.4 Å². The number of methoxy groups -OCH3 is 1. The highest BCUT2D eigenvalue weighted by Gasteiger charge is 2.09. The summed E-state index contributed by atoms with van der Waals surface area (Å²) < 4.78 is 5.27. The maximum Gasteiger partial charge on any atom is 0.120 e. The quantitative estimate of drug-likeness (QED) is 0.627. The average Bonchev–Trinajstić information content (AvgIpc) is 2.53. The highest BCUT2D eigenvalue weighted by atomic mass is 32.1. The van der Waals surface area contributed by atoms with Gasteiger partial charge in [0.15, 0.2) is 0 Å². The molecule has 0 bridgehead atoms. The van der Waals surface area contributed by atoms with Crippen LogP contribution < -0.4 is 10.1 Å². The fourth-order valence-corrected chi connectivity index (χ4v) is 2.27. The predicted molar refractivity (Wildman–Crippen MR) is 92.7 cm³/mol. The van der Waals surface area contributed by atoms with Gasteiger partial charge in [-0.25, -0.2) is 0 Å². The molecule has 0 aliphatic rings. The van der Waals surface area contributed by atoms with Gasteiger partial charge in [-0.1, -0.05) is 6.92 Å². The summed E-state index contributed by atoms with van der Waals surface area (Å²) in [6, 6.07) is 13.8. The van der Waals surface area contributed by atoms with Gasteiger partial charge in [0.1, 0.15) is 5.75 Å². The smallest absolute Gasteiger partial charge is 0.120 e. The zero-order valence-corrected chi connectivity index (χ0v) is 13.4. The van der Waals surface area contributed by atoms with Gasteiger partial charge >= 0.3 is 0 Å². The zero-order chi connectivity index (χ0) is 15.2. The van der Waals surface area contributed by atoms with Crippen molar-refractivity contribution >= 4 is 29.7 Å². The van der Waals surface area contributed by atoms with Crippen LogP contribution in [-0.4, -0.2) is 19.9 Å². The molecule has 0 radical (unpaired) electrons. The molecule has 2 aromatic carbocycles. The minimum absolute atomic E-state index is 0.831. The molecule has 0 saturated carbocycles. The van der Waals surface area contributed by atoms with Gasteiger partial charge in [0, 0.05) is 29.3 Å². The van der Waals surface area contributed by atoms with E-state index in [0.717, 1.165) is 39.7 Å². The third kappa shape index (κ3) is 3.79. The lowest BCUT2D eigenvalue weighted by atomic mass is 10.0. The third-order valence-electron chi connectivity index (χ3n) is 3.26. The number of thiol groups is 1. The predicted octanol–water partition coefficient (Wildman–Crippen LogP) is 4.56. The first-order valence-corrected chi connectivity index (χ1v) is 7.35. The van der Waals surface area contributed by atoms with Crippen molar-refractivity contribution in [3.05, 3.63) is 48.0 Å². The Morgan fingerprint density at radius 3 is 2.48 bits per heavy atom. The van der Waals surface area contributed by atoms with Crippen molar-refractivity contribution in [2.24, 2.45) is 4.99 Å². The van der Waals surface area contributed by atoms with Crippen molar-refractivity contribution in [3.63, 3.8) is 0 Å². The average molecular weight is 300 g/mol. The highest BCUT2D eigenvalue weighted by Crippen LogP contribution is 2.25. The van der Waals surface area contributed by atoms with Crippen molar-refractivity contribution in [2.75, 3.05) is 19.5 Å². The Kier molecular flexibility index (Phi) is 5.28. The molecule has 0 unspecified atom stereocenters. The molecule has 0 atom stereocenters. The number of hydrogen-bond donors (Lipinski definition) is 2. The summed E-state index contributed by atoms with van der Waals surface area (Å²) in [5.74, 6) is 0.831. The normalized spacial score (nSPS) is 11.3. The maximum atomic E-state index is 5.27. The Morgan fingerprint density at radius 2 is 1.90 bits per heavy atom. The van der Waals surface area contributed by atoms with Gasteiger partial charge in [-0.2, -0.15) is 0 Å². The molecule has 0 saturated heterocycles. The lowest BCUT2D eigenvalue weighted by Gasteiger charge is -2.12. The molecule has 0 spiro atoms. The summed E-state index contributed by atoms with van der Waals surface area (Å²) in [6.07, 6.45) is 0.851. The van der Waals surface area contributed by atoms with Crippen LogP contribution in [0.25, 0.3) is 0 Å². The monoisotopic (exact) mass is 300 g/mol. The summed E-state index contributed by atoms with van der Waals surface area (Å²) in [7, 11) is 3.57. The largest absolute Gasteiger partial charge is 0.497 e. The minimum Gasteiger partial charge on any atom is -0.497 e. The number of nitrogens with zero attached hydrogens (tertiary/aromatic N) is 1. The van der Waals surface area contributed by atoms with Crippen LogP contribution in [-0.2, 0) is 0 Å². The molecule has 0 heterocycles. The Hall–Kier alpha value is -1.94. The fourth-order valence-electron chi connectivity index (χ4n) is 2.12. The van der Waals surface area contributed by atoms with E-state index in [1.807, 2.05) is 49.5 Å². The van der Waals surface area contributed by atoms with Crippen LogP contribution in [0.1, 0.15) is 18.9 Å². The second-order valence-corrected chi connectivity index (χ2v) is 5.11. The summed E-state index contributed by atoms with van der Waals surface area (Å²) in [6.45, 7) is 2.11. The van der Waals surface area contributed by atoms with E-state index in [1.54, 1.807) is 7.11 Å². The number of anilines is 1. The van der Waals surface area contributed by atoms with E-state index in [1.165, 1.54) is 0 Å². The molecule has 1 N–H and O–H groups in total. The number of ether oxygens (including phenoxy) is 1. The summed E-state index contributed by atoms with van der Waals surface area (Å²) >= 11 is 4.30. The zero-order valence-electron chi connectivity index (χ0n) is 12.6. The standard InChI is InChI=1S/C17H20N2OS/c1-4-16(19-12-5-8-14(21)9-6-12)15-10-7-13(20-3)11-17(15)18-2/h5-11,18,21H,4H2,1-3H3. The molecule has 3 nitrogen and oxygen atoms in total. The van der Waals surface area contributed by atoms with Gasteiger partial charge in [0.2, 0.25) is 0 Å². The molecule has 0 aromatic heterocycles. The van der Waals surface area contributed by atoms with E-state index >= 15 is 0 Å². The van der Waals surface area contributed by atoms with E-state index in [0.29, 0.717) is 0 Å². The van der Waals surface area contributed by atoms with E-state index in [-0.39, 0.29) is 0 Å². The molecular formula is C17H20N2OS. The summed E-state index contributed by atoms with van der Waals surface area (Å²) in [5.41, 5.74) is 4.08. The molecule has 0 fully saturated rings. The molecule has 2 aromatic rings. The Morgan fingerprint density at radius 1 is 1.19 bits per heavy atom. The first-order valence-electron chi connectivity index (χ1n) is 6.90. The third-order valence-corrected chi connectivity index (χ3v) is 3.55. The Bertz CT molecular complexity index is 636. The van der Waals surface area contributed by atoms with E-state index in [4.69, 9.17) is 9.73 Å². The first-order chi connectivity index (χ1) is 10.2. The molecular weight excluding hydrogens is 280 g/mol. The van der Waals surface area contributed by atoms with Crippen LogP contribution in [0.3, 0.4) is 0 Å².